The monoisotopic (exact) mass is 289 g/mol. The molecule has 0 heterocycles. The second-order valence-corrected chi connectivity index (χ2v) is 4.88. The molecule has 0 amide bonds. The minimum absolute atomic E-state index is 0.0618. The van der Waals surface area contributed by atoms with Gasteiger partial charge in [0, 0.05) is 19.2 Å². The summed E-state index contributed by atoms with van der Waals surface area (Å²) < 4.78 is 50.1. The summed E-state index contributed by atoms with van der Waals surface area (Å²) in [6.45, 7) is 3.03. The summed E-state index contributed by atoms with van der Waals surface area (Å²) in [6, 6.07) is 0.421. The molecule has 0 rings (SSSR count). The molecule has 0 N–H and O–H groups in total. The third-order valence-electron chi connectivity index (χ3n) is 2.91. The number of hydrogen-bond donors (Lipinski definition) is 0. The molecule has 0 radical (unpaired) electrons. The van der Waals surface area contributed by atoms with Crippen LogP contribution < -0.4 is 0 Å². The third-order valence-corrected chi connectivity index (χ3v) is 2.91. The maximum Gasteiger partial charge on any atom is 0.146 e. The quantitative estimate of drug-likeness (QED) is 0.201. The van der Waals surface area contributed by atoms with Gasteiger partial charge in [0.05, 0.1) is 1.37 Å². The molecule has 0 fully saturated rings. The number of hydrogen-bond acceptors (Lipinski definition) is 2. The topological polar surface area (TPSA) is 18.5 Å². The van der Waals surface area contributed by atoms with Gasteiger partial charge in [0.2, 0.25) is 0 Å². The lowest BCUT2D eigenvalue weighted by Crippen LogP contribution is -1.98. The highest BCUT2D eigenvalue weighted by Crippen LogP contribution is 2.10. The van der Waals surface area contributed by atoms with Gasteiger partial charge in [-0.2, -0.15) is 0 Å². The minimum atomic E-state index is -1.90. The van der Waals surface area contributed by atoms with Gasteiger partial charge >= 0.3 is 0 Å². The molecular formula is C18H36O2. The average Bonchev–Trinajstić information content (AvgIpc) is 2.55. The van der Waals surface area contributed by atoms with Gasteiger partial charge in [-0.15, -0.1) is 0 Å². The summed E-state index contributed by atoms with van der Waals surface area (Å²) in [4.78, 5) is 0. The van der Waals surface area contributed by atoms with E-state index in [1.807, 2.05) is 6.08 Å². The molecule has 0 atom stereocenters. The lowest BCUT2D eigenvalue weighted by Gasteiger charge is -2.03. The first kappa shape index (κ1) is 12.2. The number of ether oxygens (including phenoxy) is 2. The lowest BCUT2D eigenvalue weighted by molar-refractivity contribution is -0.0315. The van der Waals surface area contributed by atoms with Crippen LogP contribution in [-0.4, -0.2) is 20.5 Å². The summed E-state index contributed by atoms with van der Waals surface area (Å²) in [5.74, 6) is 0. The van der Waals surface area contributed by atoms with Gasteiger partial charge in [-0.05, 0) is 25.7 Å². The van der Waals surface area contributed by atoms with Crippen molar-refractivity contribution in [2.75, 3.05) is 20.5 Å². The van der Waals surface area contributed by atoms with Gasteiger partial charge in [-0.1, -0.05) is 70.3 Å². The van der Waals surface area contributed by atoms with Crippen LogP contribution in [0.3, 0.4) is 0 Å². The van der Waals surface area contributed by atoms with Crippen LogP contribution in [0.25, 0.3) is 0 Å². The maximum atomic E-state index is 8.08. The Labute approximate surface area is 134 Å². The van der Waals surface area contributed by atoms with E-state index in [1.54, 1.807) is 7.11 Å². The Hall–Kier alpha value is -0.340. The molecule has 0 aliphatic heterocycles. The Kier molecular flexibility index (Phi) is 11.4. The van der Waals surface area contributed by atoms with E-state index in [9.17, 15) is 0 Å². The van der Waals surface area contributed by atoms with Crippen LogP contribution in [0.5, 0.6) is 0 Å². The van der Waals surface area contributed by atoms with Crippen LogP contribution in [0.2, 0.25) is 0 Å². The Morgan fingerprint density at radius 2 is 1.70 bits per heavy atom. The van der Waals surface area contributed by atoms with Gasteiger partial charge < -0.3 is 9.47 Å². The van der Waals surface area contributed by atoms with Crippen molar-refractivity contribution in [3.63, 3.8) is 0 Å². The van der Waals surface area contributed by atoms with E-state index in [1.165, 1.54) is 0 Å². The molecular weight excluding hydrogens is 248 g/mol. The van der Waals surface area contributed by atoms with Crippen molar-refractivity contribution in [1.82, 2.24) is 0 Å². The zero-order chi connectivity index (χ0) is 19.2. The largest absolute Gasteiger partial charge is 0.359 e. The number of allylic oxidation sites excluding steroid dienone is 2. The van der Waals surface area contributed by atoms with Crippen molar-refractivity contribution in [3.8, 4) is 0 Å². The first-order valence-corrected chi connectivity index (χ1v) is 7.99. The molecule has 0 aromatic rings. The molecule has 0 saturated carbocycles. The fourth-order valence-corrected chi connectivity index (χ4v) is 1.74. The summed E-state index contributed by atoms with van der Waals surface area (Å²) in [5.41, 5.74) is 0. The number of methoxy groups -OCH3 is 1. The predicted molar refractivity (Wildman–Crippen MR) is 88.0 cm³/mol. The van der Waals surface area contributed by atoms with Gasteiger partial charge in [-0.25, -0.2) is 0 Å². The first-order chi connectivity index (χ1) is 11.8. The zero-order valence-corrected chi connectivity index (χ0v) is 13.4. The lowest BCUT2D eigenvalue weighted by atomic mass is 10.1. The predicted octanol–water partition coefficient (Wildman–Crippen LogP) is 5.86. The molecule has 0 saturated heterocycles. The Bertz CT molecular complexity index is 359. The Morgan fingerprint density at radius 3 is 2.50 bits per heavy atom. The number of rotatable bonds is 16. The normalized spacial score (nSPS) is 17.1. The van der Waals surface area contributed by atoms with Crippen molar-refractivity contribution >= 4 is 0 Å². The van der Waals surface area contributed by atoms with Gasteiger partial charge in [0.25, 0.3) is 0 Å². The van der Waals surface area contributed by atoms with E-state index in [2.05, 4.69) is 6.92 Å². The molecule has 0 bridgehead atoms. The highest BCUT2D eigenvalue weighted by atomic mass is 16.7. The van der Waals surface area contributed by atoms with Gasteiger partial charge in [-0.3, -0.25) is 0 Å². The molecule has 2 heteroatoms. The van der Waals surface area contributed by atoms with Crippen LogP contribution in [0.15, 0.2) is 12.1 Å². The van der Waals surface area contributed by atoms with Crippen molar-refractivity contribution in [2.45, 2.75) is 83.9 Å². The van der Waals surface area contributed by atoms with Gasteiger partial charge in [0.15, 0.2) is 0 Å². The molecule has 2 nitrogen and oxygen atoms in total. The molecule has 20 heavy (non-hydrogen) atoms. The standard InChI is InChI=1S/C18H36O2/c1-3-4-5-6-7-8-9-10-11-12-13-14-15-16-17-20-18-19-2/h6-7H,3-5,8-18H2,1-2H3/b7-6+/i7D,10D2,11D2. The third kappa shape index (κ3) is 17.7. The molecule has 120 valence electrons. The second-order valence-electron chi connectivity index (χ2n) is 4.88. The van der Waals surface area contributed by atoms with Crippen LogP contribution in [0.4, 0.5) is 0 Å². The van der Waals surface area contributed by atoms with Crippen LogP contribution in [0.1, 0.15) is 90.7 Å². The highest BCUT2D eigenvalue weighted by molar-refractivity contribution is 4.81. The zero-order valence-electron chi connectivity index (χ0n) is 18.4. The number of unbranched alkanes of at least 4 members (excludes halogenated alkanes) is 5. The SMILES string of the molecule is [2H]/C(=C\CCCC)CCC([2H])([2H])C([2H])([2H])CCCCCCOCOC. The van der Waals surface area contributed by atoms with Crippen LogP contribution in [0, 0.1) is 0 Å². The van der Waals surface area contributed by atoms with Crippen molar-refractivity contribution in [2.24, 2.45) is 0 Å². The fraction of sp³-hybridized carbons (Fsp3) is 0.889. The summed E-state index contributed by atoms with van der Waals surface area (Å²) in [7, 11) is 1.58. The van der Waals surface area contributed by atoms with E-state index in [-0.39, 0.29) is 12.8 Å². The molecule has 0 unspecified atom stereocenters. The van der Waals surface area contributed by atoms with Gasteiger partial charge in [0.1, 0.15) is 6.79 Å². The van der Waals surface area contributed by atoms with E-state index in [0.29, 0.717) is 32.3 Å². The van der Waals surface area contributed by atoms with Crippen molar-refractivity contribution in [1.29, 1.82) is 0 Å². The highest BCUT2D eigenvalue weighted by Gasteiger charge is 1.92. The molecule has 0 aromatic heterocycles. The first-order valence-electron chi connectivity index (χ1n) is 10.5. The summed E-state index contributed by atoms with van der Waals surface area (Å²) >= 11 is 0. The molecule has 0 spiro atoms. The fourth-order valence-electron chi connectivity index (χ4n) is 1.74. The molecule has 0 aliphatic carbocycles. The molecule has 0 aliphatic rings. The van der Waals surface area contributed by atoms with Crippen LogP contribution >= 0.6 is 0 Å². The summed E-state index contributed by atoms with van der Waals surface area (Å²) in [6.07, 6.45) is 4.99. The second kappa shape index (κ2) is 18.7. The Balaban J connectivity index is 4.06. The van der Waals surface area contributed by atoms with E-state index in [4.69, 9.17) is 16.3 Å². The minimum Gasteiger partial charge on any atom is -0.359 e. The maximum absolute atomic E-state index is 8.08. The summed E-state index contributed by atoms with van der Waals surface area (Å²) in [5, 5.41) is 0. The van der Waals surface area contributed by atoms with Crippen LogP contribution in [-0.2, 0) is 9.47 Å². The molecule has 0 aromatic carbocycles. The smallest absolute Gasteiger partial charge is 0.146 e. The Morgan fingerprint density at radius 1 is 0.950 bits per heavy atom. The average molecular weight is 290 g/mol. The van der Waals surface area contributed by atoms with E-state index >= 15 is 0 Å². The van der Waals surface area contributed by atoms with Crippen molar-refractivity contribution < 1.29 is 16.3 Å². The van der Waals surface area contributed by atoms with E-state index in [0.717, 1.165) is 38.5 Å². The van der Waals surface area contributed by atoms with E-state index < -0.39 is 12.7 Å². The van der Waals surface area contributed by atoms with Crippen molar-refractivity contribution in [3.05, 3.63) is 12.1 Å².